The standard InChI is InChI=1S/C7H14NOP/c1-9-10-6-4-7-3-2-5-8(7)10/h7H,2-6H2,1H3/t7-,10?/m0/s1. The Bertz CT molecular complexity index is 131. The molecule has 0 amide bonds. The molecule has 10 heavy (non-hydrogen) atoms. The van der Waals surface area contributed by atoms with Crippen LogP contribution in [0.2, 0.25) is 0 Å². The number of rotatable bonds is 1. The SMILES string of the molecule is COP1CC[C@@H]2CCCN21. The average Bonchev–Trinajstić information content (AvgIpc) is 2.44. The van der Waals surface area contributed by atoms with Crippen molar-refractivity contribution in [2.24, 2.45) is 0 Å². The third-order valence-corrected chi connectivity index (χ3v) is 4.66. The lowest BCUT2D eigenvalue weighted by molar-refractivity contribution is 0.378. The van der Waals surface area contributed by atoms with Crippen molar-refractivity contribution in [3.63, 3.8) is 0 Å². The van der Waals surface area contributed by atoms with Gasteiger partial charge in [0.15, 0.2) is 0 Å². The maximum Gasteiger partial charge on any atom is 0.104 e. The summed E-state index contributed by atoms with van der Waals surface area (Å²) in [7, 11) is 1.70. The minimum absolute atomic E-state index is 0.150. The molecule has 2 aliphatic rings. The highest BCUT2D eigenvalue weighted by molar-refractivity contribution is 7.50. The lowest BCUT2D eigenvalue weighted by Gasteiger charge is -2.20. The van der Waals surface area contributed by atoms with Gasteiger partial charge in [-0.25, -0.2) is 0 Å². The van der Waals surface area contributed by atoms with Crippen LogP contribution in [0.15, 0.2) is 0 Å². The number of hydrogen-bond acceptors (Lipinski definition) is 2. The van der Waals surface area contributed by atoms with Gasteiger partial charge < -0.3 is 4.52 Å². The first-order valence-corrected chi connectivity index (χ1v) is 5.40. The maximum atomic E-state index is 5.42. The van der Waals surface area contributed by atoms with Crippen molar-refractivity contribution in [1.82, 2.24) is 4.67 Å². The van der Waals surface area contributed by atoms with E-state index in [2.05, 4.69) is 4.67 Å². The molecule has 0 aliphatic carbocycles. The highest BCUT2D eigenvalue weighted by Crippen LogP contribution is 2.52. The van der Waals surface area contributed by atoms with Gasteiger partial charge in [-0.15, -0.1) is 0 Å². The summed E-state index contributed by atoms with van der Waals surface area (Å²) in [5, 5.41) is 0. The van der Waals surface area contributed by atoms with Gasteiger partial charge in [0.1, 0.15) is 8.30 Å². The van der Waals surface area contributed by atoms with Crippen LogP contribution in [-0.4, -0.2) is 30.5 Å². The molecule has 0 spiro atoms. The molecule has 0 N–H and O–H groups in total. The van der Waals surface area contributed by atoms with Crippen LogP contribution in [0.25, 0.3) is 0 Å². The number of nitrogens with zero attached hydrogens (tertiary/aromatic N) is 1. The molecule has 58 valence electrons. The van der Waals surface area contributed by atoms with Crippen molar-refractivity contribution in [3.05, 3.63) is 0 Å². The van der Waals surface area contributed by atoms with E-state index < -0.39 is 0 Å². The van der Waals surface area contributed by atoms with Gasteiger partial charge in [-0.3, -0.25) is 4.67 Å². The quantitative estimate of drug-likeness (QED) is 0.541. The van der Waals surface area contributed by atoms with Crippen LogP contribution in [0, 0.1) is 0 Å². The minimum atomic E-state index is -0.150. The molecule has 2 aliphatic heterocycles. The fourth-order valence-electron chi connectivity index (χ4n) is 1.99. The highest BCUT2D eigenvalue weighted by Gasteiger charge is 2.36. The first kappa shape index (κ1) is 7.02. The van der Waals surface area contributed by atoms with Crippen molar-refractivity contribution in [2.75, 3.05) is 19.8 Å². The second kappa shape index (κ2) is 2.77. The molecule has 0 aromatic carbocycles. The summed E-state index contributed by atoms with van der Waals surface area (Å²) < 4.78 is 7.99. The van der Waals surface area contributed by atoms with E-state index in [1.807, 2.05) is 7.11 Å². The first-order valence-electron chi connectivity index (χ1n) is 4.00. The van der Waals surface area contributed by atoms with E-state index in [-0.39, 0.29) is 8.30 Å². The lowest BCUT2D eigenvalue weighted by Crippen LogP contribution is -2.17. The lowest BCUT2D eigenvalue weighted by atomic mass is 10.2. The summed E-state index contributed by atoms with van der Waals surface area (Å²) in [6, 6.07) is 0.895. The molecule has 2 nitrogen and oxygen atoms in total. The molecule has 0 bridgehead atoms. The van der Waals surface area contributed by atoms with Crippen molar-refractivity contribution < 1.29 is 4.52 Å². The topological polar surface area (TPSA) is 12.5 Å². The Morgan fingerprint density at radius 2 is 2.40 bits per heavy atom. The number of fused-ring (bicyclic) bond motifs is 1. The van der Waals surface area contributed by atoms with Crippen molar-refractivity contribution >= 4 is 8.30 Å². The normalized spacial score (nSPS) is 40.5. The highest BCUT2D eigenvalue weighted by atomic mass is 31.2. The zero-order valence-corrected chi connectivity index (χ0v) is 7.31. The Balaban J connectivity index is 2.01. The van der Waals surface area contributed by atoms with E-state index in [1.54, 1.807) is 0 Å². The Hall–Kier alpha value is 0.350. The molecule has 0 aromatic rings. The summed E-state index contributed by atoms with van der Waals surface area (Å²) in [6.07, 6.45) is 5.52. The van der Waals surface area contributed by atoms with Crippen LogP contribution in [0.5, 0.6) is 0 Å². The Labute approximate surface area is 63.4 Å². The van der Waals surface area contributed by atoms with Gasteiger partial charge in [0.25, 0.3) is 0 Å². The summed E-state index contributed by atoms with van der Waals surface area (Å²) in [5.74, 6) is 0. The van der Waals surface area contributed by atoms with Crippen LogP contribution < -0.4 is 0 Å². The first-order chi connectivity index (χ1) is 4.92. The average molecular weight is 159 g/mol. The molecule has 2 saturated heterocycles. The molecule has 0 radical (unpaired) electrons. The van der Waals surface area contributed by atoms with Gasteiger partial charge >= 0.3 is 0 Å². The Morgan fingerprint density at radius 1 is 1.50 bits per heavy atom. The van der Waals surface area contributed by atoms with E-state index in [4.69, 9.17) is 4.52 Å². The third kappa shape index (κ3) is 0.990. The van der Waals surface area contributed by atoms with Crippen LogP contribution >= 0.6 is 8.30 Å². The summed E-state index contributed by atoms with van der Waals surface area (Å²) in [6.45, 7) is 1.30. The summed E-state index contributed by atoms with van der Waals surface area (Å²) >= 11 is 0. The number of hydrogen-bond donors (Lipinski definition) is 0. The predicted molar refractivity (Wildman–Crippen MR) is 43.1 cm³/mol. The van der Waals surface area contributed by atoms with E-state index in [1.165, 1.54) is 32.0 Å². The monoisotopic (exact) mass is 159 g/mol. The van der Waals surface area contributed by atoms with Crippen molar-refractivity contribution in [2.45, 2.75) is 25.3 Å². The molecule has 2 atom stereocenters. The largest absolute Gasteiger partial charge is 0.347 e. The summed E-state index contributed by atoms with van der Waals surface area (Å²) in [5.41, 5.74) is 0. The van der Waals surface area contributed by atoms with Crippen LogP contribution in [0.3, 0.4) is 0 Å². The van der Waals surface area contributed by atoms with Crippen molar-refractivity contribution in [3.8, 4) is 0 Å². The van der Waals surface area contributed by atoms with Gasteiger partial charge in [0.2, 0.25) is 0 Å². The molecule has 3 heteroatoms. The van der Waals surface area contributed by atoms with Crippen LogP contribution in [0.1, 0.15) is 19.3 Å². The van der Waals surface area contributed by atoms with Crippen LogP contribution in [0.4, 0.5) is 0 Å². The van der Waals surface area contributed by atoms with Crippen molar-refractivity contribution in [1.29, 1.82) is 0 Å². The molecule has 2 rings (SSSR count). The molecular weight excluding hydrogens is 145 g/mol. The Kier molecular flexibility index (Phi) is 1.94. The fourth-order valence-corrected chi connectivity index (χ4v) is 4.12. The van der Waals surface area contributed by atoms with Crippen LogP contribution in [-0.2, 0) is 4.52 Å². The second-order valence-electron chi connectivity index (χ2n) is 3.01. The van der Waals surface area contributed by atoms with Gasteiger partial charge in [0, 0.05) is 25.9 Å². The molecule has 2 heterocycles. The molecule has 0 aromatic heterocycles. The molecular formula is C7H14NOP. The van der Waals surface area contributed by atoms with E-state index in [9.17, 15) is 0 Å². The smallest absolute Gasteiger partial charge is 0.104 e. The zero-order valence-electron chi connectivity index (χ0n) is 6.42. The second-order valence-corrected chi connectivity index (χ2v) is 5.04. The summed E-state index contributed by atoms with van der Waals surface area (Å²) in [4.78, 5) is 0. The molecule has 2 fully saturated rings. The zero-order chi connectivity index (χ0) is 6.97. The maximum absolute atomic E-state index is 5.42. The van der Waals surface area contributed by atoms with Gasteiger partial charge in [-0.1, -0.05) is 0 Å². The minimum Gasteiger partial charge on any atom is -0.347 e. The van der Waals surface area contributed by atoms with Gasteiger partial charge in [-0.05, 0) is 19.3 Å². The van der Waals surface area contributed by atoms with E-state index >= 15 is 0 Å². The fraction of sp³-hybridized carbons (Fsp3) is 1.00. The molecule has 0 saturated carbocycles. The van der Waals surface area contributed by atoms with E-state index in [0.717, 1.165) is 6.04 Å². The third-order valence-electron chi connectivity index (χ3n) is 2.50. The Morgan fingerprint density at radius 3 is 3.20 bits per heavy atom. The molecule has 1 unspecified atom stereocenters. The van der Waals surface area contributed by atoms with Gasteiger partial charge in [0.05, 0.1) is 0 Å². The predicted octanol–water partition coefficient (Wildman–Crippen LogP) is 1.81. The van der Waals surface area contributed by atoms with E-state index in [0.29, 0.717) is 0 Å². The van der Waals surface area contributed by atoms with Gasteiger partial charge in [-0.2, -0.15) is 0 Å².